The maximum atomic E-state index is 12.3. The minimum atomic E-state index is -4.80. The van der Waals surface area contributed by atoms with Gasteiger partial charge in [-0.2, -0.15) is 0 Å². The van der Waals surface area contributed by atoms with E-state index in [1.807, 2.05) is 0 Å². The van der Waals surface area contributed by atoms with Gasteiger partial charge >= 0.3 is 7.82 Å². The Balaban J connectivity index is 1.67. The van der Waals surface area contributed by atoms with Crippen LogP contribution in [0, 0.1) is 0 Å². The van der Waals surface area contributed by atoms with Gasteiger partial charge < -0.3 is 20.8 Å². The van der Waals surface area contributed by atoms with Crippen LogP contribution in [0.25, 0.3) is 6.08 Å². The molecule has 0 atom stereocenters. The molecule has 2 aliphatic rings. The summed E-state index contributed by atoms with van der Waals surface area (Å²) >= 11 is 0.640. The number of rotatable bonds is 6. The predicted molar refractivity (Wildman–Crippen MR) is 102 cm³/mol. The summed E-state index contributed by atoms with van der Waals surface area (Å²) in [5, 5.41) is 2.57. The minimum Gasteiger partial charge on any atom is -0.351 e. The van der Waals surface area contributed by atoms with Crippen LogP contribution in [0.5, 0.6) is 0 Å². The highest BCUT2D eigenvalue weighted by atomic mass is 32.2. The van der Waals surface area contributed by atoms with E-state index in [1.54, 1.807) is 6.07 Å². The van der Waals surface area contributed by atoms with Gasteiger partial charge in [0, 0.05) is 18.3 Å². The average molecular weight is 429 g/mol. The zero-order valence-electron chi connectivity index (χ0n) is 14.7. The van der Waals surface area contributed by atoms with Crippen molar-refractivity contribution >= 4 is 42.8 Å². The molecule has 0 bridgehead atoms. The highest BCUT2D eigenvalue weighted by Crippen LogP contribution is 2.38. The van der Waals surface area contributed by atoms with Crippen molar-refractivity contribution in [1.29, 1.82) is 0 Å². The molecule has 2 amide bonds. The molecule has 2 fully saturated rings. The van der Waals surface area contributed by atoms with E-state index >= 15 is 0 Å². The van der Waals surface area contributed by atoms with Crippen LogP contribution >= 0.6 is 19.6 Å². The lowest BCUT2D eigenvalue weighted by Gasteiger charge is -2.26. The largest absolute Gasteiger partial charge is 0.471 e. The predicted octanol–water partition coefficient (Wildman–Crippen LogP) is 1.26. The average Bonchev–Trinajstić information content (AvgIpc) is 2.88. The van der Waals surface area contributed by atoms with Crippen molar-refractivity contribution in [2.24, 2.45) is 5.73 Å². The molecule has 1 aromatic rings. The Hall–Kier alpha value is -1.82. The highest BCUT2D eigenvalue weighted by Gasteiger charge is 2.36. The van der Waals surface area contributed by atoms with Crippen LogP contribution in [-0.4, -0.2) is 54.6 Å². The van der Waals surface area contributed by atoms with E-state index < -0.39 is 25.7 Å². The SMILES string of the molecule is N[C@H]1CC[C@@H](Nc2nccc(/C=C3\SC(=O)N(COP(=O)(O)O)C3=O)n2)CC1. The molecule has 3 rings (SSSR count). The number of phosphoric acid groups is 1. The lowest BCUT2D eigenvalue weighted by atomic mass is 9.92. The summed E-state index contributed by atoms with van der Waals surface area (Å²) in [6.07, 6.45) is 6.67. The van der Waals surface area contributed by atoms with Gasteiger partial charge in [0.2, 0.25) is 5.95 Å². The maximum absolute atomic E-state index is 12.3. The molecule has 152 valence electrons. The fourth-order valence-electron chi connectivity index (χ4n) is 2.85. The number of nitrogens with one attached hydrogen (secondary N) is 1. The number of hydrogen-bond acceptors (Lipinski definition) is 9. The summed E-state index contributed by atoms with van der Waals surface area (Å²) in [5.41, 5.74) is 6.32. The Morgan fingerprint density at radius 2 is 2.07 bits per heavy atom. The van der Waals surface area contributed by atoms with Crippen LogP contribution in [-0.2, 0) is 13.9 Å². The molecule has 1 saturated heterocycles. The van der Waals surface area contributed by atoms with Crippen molar-refractivity contribution < 1.29 is 28.5 Å². The molecule has 0 aromatic carbocycles. The second kappa shape index (κ2) is 8.68. The Morgan fingerprint density at radius 3 is 2.75 bits per heavy atom. The van der Waals surface area contributed by atoms with E-state index in [2.05, 4.69) is 19.8 Å². The van der Waals surface area contributed by atoms with Gasteiger partial charge in [-0.3, -0.25) is 14.1 Å². The van der Waals surface area contributed by atoms with E-state index in [0.29, 0.717) is 28.3 Å². The molecule has 0 radical (unpaired) electrons. The molecule has 2 heterocycles. The van der Waals surface area contributed by atoms with Gasteiger partial charge in [-0.25, -0.2) is 19.4 Å². The second-order valence-electron chi connectivity index (χ2n) is 6.42. The summed E-state index contributed by atoms with van der Waals surface area (Å²) in [6, 6.07) is 2.05. The first-order valence-electron chi connectivity index (χ1n) is 8.52. The highest BCUT2D eigenvalue weighted by molar-refractivity contribution is 8.18. The molecular weight excluding hydrogens is 409 g/mol. The maximum Gasteiger partial charge on any atom is 0.471 e. The van der Waals surface area contributed by atoms with Gasteiger partial charge in [0.25, 0.3) is 11.1 Å². The van der Waals surface area contributed by atoms with Crippen LogP contribution < -0.4 is 11.1 Å². The number of nitrogens with two attached hydrogens (primary N) is 1. The molecule has 1 aliphatic carbocycles. The molecular formula is C15H20N5O6PS. The quantitative estimate of drug-likeness (QED) is 0.379. The van der Waals surface area contributed by atoms with Gasteiger partial charge in [0.1, 0.15) is 6.73 Å². The molecule has 0 unspecified atom stereocenters. The Bertz CT molecular complexity index is 838. The van der Waals surface area contributed by atoms with Gasteiger partial charge in [0.15, 0.2) is 0 Å². The number of phosphoric ester groups is 1. The summed E-state index contributed by atoms with van der Waals surface area (Å²) in [7, 11) is -4.80. The monoisotopic (exact) mass is 429 g/mol. The third-order valence-electron chi connectivity index (χ3n) is 4.29. The van der Waals surface area contributed by atoms with Crippen LogP contribution in [0.4, 0.5) is 10.7 Å². The van der Waals surface area contributed by atoms with Gasteiger partial charge in [-0.15, -0.1) is 0 Å². The third-order valence-corrected chi connectivity index (χ3v) is 5.65. The number of anilines is 1. The van der Waals surface area contributed by atoms with Crippen molar-refractivity contribution in [2.75, 3.05) is 12.0 Å². The standard InChI is InChI=1S/C15H20N5O6PS/c16-9-1-3-10(4-2-9)18-14-17-6-5-11(19-14)7-12-13(21)20(15(22)28-12)8-26-27(23,24)25/h5-7,9-10H,1-4,8,16H2,(H,17,18,19)(H2,23,24,25)/b12-7-/t9-,10+. The topological polar surface area (TPSA) is 168 Å². The molecule has 13 heteroatoms. The first-order chi connectivity index (χ1) is 13.2. The van der Waals surface area contributed by atoms with Crippen LogP contribution in [0.1, 0.15) is 31.4 Å². The summed E-state index contributed by atoms with van der Waals surface area (Å²) in [4.78, 5) is 50.8. The zero-order valence-corrected chi connectivity index (χ0v) is 16.4. The molecule has 11 nitrogen and oxygen atoms in total. The first-order valence-corrected chi connectivity index (χ1v) is 10.9. The molecule has 28 heavy (non-hydrogen) atoms. The van der Waals surface area contributed by atoms with Crippen molar-refractivity contribution in [3.8, 4) is 0 Å². The number of thioether (sulfide) groups is 1. The number of imide groups is 1. The zero-order chi connectivity index (χ0) is 20.3. The Kier molecular flexibility index (Phi) is 6.48. The third kappa shape index (κ3) is 5.60. The number of amides is 2. The van der Waals surface area contributed by atoms with Crippen molar-refractivity contribution in [2.45, 2.75) is 37.8 Å². The Labute approximate surface area is 165 Å². The van der Waals surface area contributed by atoms with Crippen molar-refractivity contribution in [3.05, 3.63) is 22.9 Å². The molecule has 1 aliphatic heterocycles. The minimum absolute atomic E-state index is 0.0765. The number of aromatic nitrogens is 2. The van der Waals surface area contributed by atoms with Crippen LogP contribution in [0.15, 0.2) is 17.2 Å². The van der Waals surface area contributed by atoms with Gasteiger partial charge in [-0.05, 0) is 49.6 Å². The lowest BCUT2D eigenvalue weighted by Crippen LogP contribution is -2.33. The smallest absolute Gasteiger partial charge is 0.351 e. The van der Waals surface area contributed by atoms with E-state index in [4.69, 9.17) is 15.5 Å². The summed E-state index contributed by atoms with van der Waals surface area (Å²) in [5.74, 6) is -0.295. The number of carbonyl (C=O) groups excluding carboxylic acids is 2. The number of nitrogens with zero attached hydrogens (tertiary/aromatic N) is 3. The number of hydrogen-bond donors (Lipinski definition) is 4. The second-order valence-corrected chi connectivity index (χ2v) is 8.65. The Morgan fingerprint density at radius 1 is 1.36 bits per heavy atom. The molecule has 1 aromatic heterocycles. The fraction of sp³-hybridized carbons (Fsp3) is 0.467. The van der Waals surface area contributed by atoms with E-state index in [9.17, 15) is 14.2 Å². The lowest BCUT2D eigenvalue weighted by molar-refractivity contribution is -0.124. The van der Waals surface area contributed by atoms with Crippen LogP contribution in [0.3, 0.4) is 0 Å². The van der Waals surface area contributed by atoms with E-state index in [0.717, 1.165) is 25.7 Å². The summed E-state index contributed by atoms with van der Waals surface area (Å²) < 4.78 is 15.0. The van der Waals surface area contributed by atoms with Crippen LogP contribution in [0.2, 0.25) is 0 Å². The van der Waals surface area contributed by atoms with Gasteiger partial charge in [0.05, 0.1) is 10.6 Å². The molecule has 0 spiro atoms. The van der Waals surface area contributed by atoms with Gasteiger partial charge in [-0.1, -0.05) is 0 Å². The van der Waals surface area contributed by atoms with Crippen molar-refractivity contribution in [1.82, 2.24) is 14.9 Å². The summed E-state index contributed by atoms with van der Waals surface area (Å²) in [6.45, 7) is -0.827. The fourth-order valence-corrected chi connectivity index (χ4v) is 3.92. The van der Waals surface area contributed by atoms with E-state index in [1.165, 1.54) is 12.3 Å². The number of carbonyl (C=O) groups is 2. The van der Waals surface area contributed by atoms with E-state index in [-0.39, 0.29) is 17.0 Å². The molecule has 5 N–H and O–H groups in total. The van der Waals surface area contributed by atoms with Crippen molar-refractivity contribution in [3.63, 3.8) is 0 Å². The molecule has 1 saturated carbocycles. The normalized spacial score (nSPS) is 24.8. The first kappa shape index (κ1) is 20.9.